The van der Waals surface area contributed by atoms with E-state index in [0.29, 0.717) is 12.2 Å². The summed E-state index contributed by atoms with van der Waals surface area (Å²) >= 11 is 0. The largest absolute Gasteiger partial charge is 0.296 e. The molecule has 0 aliphatic heterocycles. The van der Waals surface area contributed by atoms with Crippen molar-refractivity contribution in [2.45, 2.75) is 6.54 Å². The number of aromatic nitrogens is 3. The summed E-state index contributed by atoms with van der Waals surface area (Å²) in [5.41, 5.74) is 2.26. The van der Waals surface area contributed by atoms with Gasteiger partial charge in [0, 0.05) is 18.0 Å². The molecule has 0 aliphatic rings. The van der Waals surface area contributed by atoms with Crippen molar-refractivity contribution in [1.29, 1.82) is 0 Å². The van der Waals surface area contributed by atoms with Crippen LogP contribution in [-0.2, 0) is 6.54 Å². The van der Waals surface area contributed by atoms with Crippen LogP contribution in [0.4, 0.5) is 0 Å². The number of carbonyl (C=O) groups is 1. The Bertz CT molecular complexity index is 502. The summed E-state index contributed by atoms with van der Waals surface area (Å²) < 4.78 is 1.62. The second kappa shape index (κ2) is 4.53. The van der Waals surface area contributed by atoms with Gasteiger partial charge in [-0.25, -0.2) is 0 Å². The summed E-state index contributed by atoms with van der Waals surface area (Å²) in [4.78, 5) is 14.8. The first-order valence-electron chi connectivity index (χ1n) is 4.89. The van der Waals surface area contributed by atoms with Gasteiger partial charge in [-0.3, -0.25) is 14.5 Å². The van der Waals surface area contributed by atoms with Gasteiger partial charge in [-0.15, -0.1) is 6.58 Å². The number of aldehydes is 1. The summed E-state index contributed by atoms with van der Waals surface area (Å²) in [6, 6.07) is 5.47. The molecule has 0 bridgehead atoms. The van der Waals surface area contributed by atoms with Crippen LogP contribution >= 0.6 is 0 Å². The number of pyridine rings is 1. The van der Waals surface area contributed by atoms with Crippen LogP contribution in [0.15, 0.2) is 43.2 Å². The van der Waals surface area contributed by atoms with Crippen molar-refractivity contribution in [2.75, 3.05) is 0 Å². The average molecular weight is 213 g/mol. The van der Waals surface area contributed by atoms with Gasteiger partial charge in [-0.05, 0) is 18.2 Å². The van der Waals surface area contributed by atoms with E-state index in [4.69, 9.17) is 0 Å². The molecule has 0 radical (unpaired) electrons. The summed E-state index contributed by atoms with van der Waals surface area (Å²) in [7, 11) is 0. The molecule has 0 amide bonds. The molecule has 0 fully saturated rings. The van der Waals surface area contributed by atoms with Gasteiger partial charge in [0.05, 0.1) is 12.2 Å². The quantitative estimate of drug-likeness (QED) is 0.576. The fourth-order valence-electron chi connectivity index (χ4n) is 1.46. The van der Waals surface area contributed by atoms with Gasteiger partial charge in [-0.2, -0.15) is 5.10 Å². The topological polar surface area (TPSA) is 47.8 Å². The molecule has 2 aromatic heterocycles. The molecule has 2 aromatic rings. The molecule has 2 heterocycles. The van der Waals surface area contributed by atoms with Crippen molar-refractivity contribution >= 4 is 6.29 Å². The van der Waals surface area contributed by atoms with Crippen molar-refractivity contribution in [3.8, 4) is 11.3 Å². The van der Waals surface area contributed by atoms with E-state index < -0.39 is 0 Å². The average Bonchev–Trinajstić information content (AvgIpc) is 2.74. The normalized spacial score (nSPS) is 10.0. The van der Waals surface area contributed by atoms with E-state index in [1.807, 2.05) is 12.1 Å². The van der Waals surface area contributed by atoms with Crippen LogP contribution in [0.1, 0.15) is 10.5 Å². The highest BCUT2D eigenvalue weighted by molar-refractivity contribution is 5.75. The van der Waals surface area contributed by atoms with E-state index in [1.54, 1.807) is 29.2 Å². The first-order valence-corrected chi connectivity index (χ1v) is 4.89. The van der Waals surface area contributed by atoms with Crippen molar-refractivity contribution in [3.63, 3.8) is 0 Å². The van der Waals surface area contributed by atoms with Crippen molar-refractivity contribution in [1.82, 2.24) is 14.8 Å². The van der Waals surface area contributed by atoms with Crippen LogP contribution in [0.25, 0.3) is 11.3 Å². The lowest BCUT2D eigenvalue weighted by atomic mass is 10.2. The first-order chi connectivity index (χ1) is 7.85. The van der Waals surface area contributed by atoms with E-state index in [-0.39, 0.29) is 0 Å². The van der Waals surface area contributed by atoms with Gasteiger partial charge in [0.15, 0.2) is 6.29 Å². The summed E-state index contributed by atoms with van der Waals surface area (Å²) in [5.74, 6) is 0. The van der Waals surface area contributed by atoms with Crippen LogP contribution in [-0.4, -0.2) is 21.1 Å². The third-order valence-electron chi connectivity index (χ3n) is 2.21. The van der Waals surface area contributed by atoms with Gasteiger partial charge >= 0.3 is 0 Å². The summed E-state index contributed by atoms with van der Waals surface area (Å²) in [6.07, 6.45) is 5.89. The zero-order valence-electron chi connectivity index (χ0n) is 8.71. The second-order valence-electron chi connectivity index (χ2n) is 3.28. The van der Waals surface area contributed by atoms with Crippen LogP contribution < -0.4 is 0 Å². The van der Waals surface area contributed by atoms with Gasteiger partial charge in [0.2, 0.25) is 0 Å². The molecule has 0 saturated carbocycles. The lowest BCUT2D eigenvalue weighted by Gasteiger charge is -1.97. The molecule has 0 spiro atoms. The van der Waals surface area contributed by atoms with Crippen LogP contribution in [0.3, 0.4) is 0 Å². The maximum Gasteiger partial charge on any atom is 0.168 e. The predicted molar refractivity (Wildman–Crippen MR) is 61.0 cm³/mol. The van der Waals surface area contributed by atoms with Crippen molar-refractivity contribution in [2.24, 2.45) is 0 Å². The Balaban J connectivity index is 2.43. The summed E-state index contributed by atoms with van der Waals surface area (Å²) in [5, 5.41) is 4.33. The molecule has 0 atom stereocenters. The monoisotopic (exact) mass is 213 g/mol. The zero-order chi connectivity index (χ0) is 11.4. The minimum absolute atomic E-state index is 0.527. The van der Waals surface area contributed by atoms with Crippen LogP contribution in [0, 0.1) is 0 Å². The molecule has 0 aromatic carbocycles. The van der Waals surface area contributed by atoms with E-state index >= 15 is 0 Å². The SMILES string of the molecule is C=CCn1nc(-c2ccncc2)cc1C=O. The molecule has 0 aliphatic carbocycles. The predicted octanol–water partition coefficient (Wildman–Crippen LogP) is 1.94. The minimum Gasteiger partial charge on any atom is -0.296 e. The van der Waals surface area contributed by atoms with E-state index in [1.165, 1.54) is 0 Å². The molecule has 0 unspecified atom stereocenters. The Morgan fingerprint density at radius 2 is 2.12 bits per heavy atom. The number of carbonyl (C=O) groups excluding carboxylic acids is 1. The van der Waals surface area contributed by atoms with Gasteiger partial charge in [-0.1, -0.05) is 6.08 Å². The second-order valence-corrected chi connectivity index (χ2v) is 3.28. The van der Waals surface area contributed by atoms with Crippen LogP contribution in [0.2, 0.25) is 0 Å². The number of rotatable bonds is 4. The number of nitrogens with zero attached hydrogens (tertiary/aromatic N) is 3. The maximum absolute atomic E-state index is 10.8. The smallest absolute Gasteiger partial charge is 0.168 e. The highest BCUT2D eigenvalue weighted by Crippen LogP contribution is 2.17. The highest BCUT2D eigenvalue weighted by Gasteiger charge is 2.07. The summed E-state index contributed by atoms with van der Waals surface area (Å²) in [6.45, 7) is 4.15. The number of allylic oxidation sites excluding steroid dienone is 1. The lowest BCUT2D eigenvalue weighted by molar-refractivity contribution is 0.111. The van der Waals surface area contributed by atoms with E-state index in [0.717, 1.165) is 17.5 Å². The van der Waals surface area contributed by atoms with Gasteiger partial charge in [0.1, 0.15) is 5.69 Å². The molecule has 4 nitrogen and oxygen atoms in total. The third-order valence-corrected chi connectivity index (χ3v) is 2.21. The highest BCUT2D eigenvalue weighted by atomic mass is 16.1. The van der Waals surface area contributed by atoms with Gasteiger partial charge < -0.3 is 0 Å². The van der Waals surface area contributed by atoms with Crippen molar-refractivity contribution in [3.05, 3.63) is 48.9 Å². The number of hydrogen-bond donors (Lipinski definition) is 0. The molecule has 4 heteroatoms. The molecular formula is C12H11N3O. The Labute approximate surface area is 93.2 Å². The molecule has 80 valence electrons. The maximum atomic E-state index is 10.8. The third kappa shape index (κ3) is 1.91. The number of hydrogen-bond acceptors (Lipinski definition) is 3. The van der Waals surface area contributed by atoms with Crippen LogP contribution in [0.5, 0.6) is 0 Å². The molecule has 0 saturated heterocycles. The van der Waals surface area contributed by atoms with Gasteiger partial charge in [0.25, 0.3) is 0 Å². The zero-order valence-corrected chi connectivity index (χ0v) is 8.71. The fraction of sp³-hybridized carbons (Fsp3) is 0.0833. The Morgan fingerprint density at radius 3 is 2.75 bits per heavy atom. The molecule has 16 heavy (non-hydrogen) atoms. The Kier molecular flexibility index (Phi) is 2.91. The molecule has 0 N–H and O–H groups in total. The van der Waals surface area contributed by atoms with E-state index in [9.17, 15) is 4.79 Å². The standard InChI is InChI=1S/C12H11N3O/c1-2-7-15-11(9-16)8-12(14-15)10-3-5-13-6-4-10/h2-6,8-9H,1,7H2. The first kappa shape index (κ1) is 10.3. The lowest BCUT2D eigenvalue weighted by Crippen LogP contribution is -2.01. The molecule has 2 rings (SSSR count). The molecular weight excluding hydrogens is 202 g/mol. The Morgan fingerprint density at radius 1 is 1.38 bits per heavy atom. The van der Waals surface area contributed by atoms with Crippen molar-refractivity contribution < 1.29 is 4.79 Å². The fourth-order valence-corrected chi connectivity index (χ4v) is 1.46. The minimum atomic E-state index is 0.527. The van der Waals surface area contributed by atoms with E-state index in [2.05, 4.69) is 16.7 Å². The Hall–Kier alpha value is -2.23.